The van der Waals surface area contributed by atoms with E-state index in [1.807, 2.05) is 32.3 Å². The number of hydrogen-bond donors (Lipinski definition) is 2. The molecule has 2 rings (SSSR count). The Kier molecular flexibility index (Phi) is 3.00. The quantitative estimate of drug-likeness (QED) is 0.609. The summed E-state index contributed by atoms with van der Waals surface area (Å²) in [6, 6.07) is 3.73. The van der Waals surface area contributed by atoms with Crippen LogP contribution in [0, 0.1) is 12.3 Å². The number of nitrogens with one attached hydrogen (secondary N) is 2. The number of aromatic nitrogens is 2. The normalized spacial score (nSPS) is 10.2. The summed E-state index contributed by atoms with van der Waals surface area (Å²) < 4.78 is 1.71. The molecule has 0 aliphatic heterocycles. The van der Waals surface area contributed by atoms with E-state index in [1.54, 1.807) is 10.9 Å². The number of rotatable bonds is 3. The molecule has 0 saturated heterocycles. The first-order valence-electron chi connectivity index (χ1n) is 5.26. The second-order valence-corrected chi connectivity index (χ2v) is 3.97. The number of aryl methyl sites for hydroxylation is 2. The molecule has 1 aromatic carbocycles. The molecule has 84 valence electrons. The van der Waals surface area contributed by atoms with Gasteiger partial charge in [0.25, 0.3) is 0 Å². The highest BCUT2D eigenvalue weighted by molar-refractivity contribution is 6.33. The zero-order valence-electron chi connectivity index (χ0n) is 9.86. The molecule has 0 fully saturated rings. The second kappa shape index (κ2) is 4.45. The summed E-state index contributed by atoms with van der Waals surface area (Å²) in [6.45, 7) is 1.93. The number of anilines is 2. The molecule has 0 saturated carbocycles. The van der Waals surface area contributed by atoms with Gasteiger partial charge < -0.3 is 10.7 Å². The van der Waals surface area contributed by atoms with E-state index in [-0.39, 0.29) is 0 Å². The van der Waals surface area contributed by atoms with Crippen LogP contribution in [-0.2, 0) is 7.05 Å². The Bertz CT molecular complexity index is 560. The van der Waals surface area contributed by atoms with Crippen LogP contribution >= 0.6 is 0 Å². The Morgan fingerprint density at radius 2 is 2.24 bits per heavy atom. The van der Waals surface area contributed by atoms with Crippen LogP contribution in [0.15, 0.2) is 24.5 Å². The van der Waals surface area contributed by atoms with Crippen molar-refractivity contribution in [3.63, 3.8) is 0 Å². The van der Waals surface area contributed by atoms with Crippen LogP contribution in [0.1, 0.15) is 11.1 Å². The molecule has 2 aromatic rings. The molecule has 0 unspecified atom stereocenters. The first kappa shape index (κ1) is 11.5. The van der Waals surface area contributed by atoms with E-state index in [0.717, 1.165) is 22.5 Å². The first-order valence-corrected chi connectivity index (χ1v) is 5.26. The molecule has 2 radical (unpaired) electrons. The van der Waals surface area contributed by atoms with E-state index in [4.69, 9.17) is 13.3 Å². The van der Waals surface area contributed by atoms with Crippen molar-refractivity contribution >= 4 is 30.9 Å². The summed E-state index contributed by atoms with van der Waals surface area (Å²) in [4.78, 5) is 0. The SMILES string of the molecule is [B]c1cc(Nc2cnn(C)c2)c(C=N)cc1C. The highest BCUT2D eigenvalue weighted by Crippen LogP contribution is 2.19. The van der Waals surface area contributed by atoms with Crippen LogP contribution in [0.25, 0.3) is 0 Å². The monoisotopic (exact) mass is 224 g/mol. The molecule has 1 heterocycles. The summed E-state index contributed by atoms with van der Waals surface area (Å²) in [6.07, 6.45) is 4.90. The molecule has 17 heavy (non-hydrogen) atoms. The predicted molar refractivity (Wildman–Crippen MR) is 70.9 cm³/mol. The van der Waals surface area contributed by atoms with E-state index in [0.29, 0.717) is 5.46 Å². The lowest BCUT2D eigenvalue weighted by molar-refractivity contribution is 0.768. The smallest absolute Gasteiger partial charge is 0.114 e. The summed E-state index contributed by atoms with van der Waals surface area (Å²) in [7, 11) is 7.72. The molecule has 0 amide bonds. The van der Waals surface area contributed by atoms with E-state index in [1.165, 1.54) is 6.21 Å². The average molecular weight is 224 g/mol. The Hall–Kier alpha value is -2.04. The molecule has 0 spiro atoms. The van der Waals surface area contributed by atoms with Gasteiger partial charge in [-0.05, 0) is 19.1 Å². The largest absolute Gasteiger partial charge is 0.352 e. The van der Waals surface area contributed by atoms with Crippen LogP contribution < -0.4 is 10.8 Å². The summed E-state index contributed by atoms with van der Waals surface area (Å²) in [5.41, 5.74) is 4.18. The van der Waals surface area contributed by atoms with Gasteiger partial charge in [-0.2, -0.15) is 5.10 Å². The maximum absolute atomic E-state index is 7.40. The highest BCUT2D eigenvalue weighted by atomic mass is 15.3. The molecule has 4 nitrogen and oxygen atoms in total. The van der Waals surface area contributed by atoms with Gasteiger partial charge in [-0.25, -0.2) is 0 Å². The number of nitrogens with zero attached hydrogens (tertiary/aromatic N) is 2. The van der Waals surface area contributed by atoms with E-state index in [9.17, 15) is 0 Å². The Morgan fingerprint density at radius 3 is 2.82 bits per heavy atom. The molecular weight excluding hydrogens is 211 g/mol. The lowest BCUT2D eigenvalue weighted by atomic mass is 9.89. The van der Waals surface area contributed by atoms with E-state index < -0.39 is 0 Å². The van der Waals surface area contributed by atoms with Gasteiger partial charge in [0, 0.05) is 30.7 Å². The van der Waals surface area contributed by atoms with Crippen molar-refractivity contribution in [2.24, 2.45) is 7.05 Å². The standard InChI is InChI=1S/C12H13BN4/c1-8-3-9(5-14)12(4-11(8)13)16-10-6-15-17(2)7-10/h3-7,14,16H,1-2H3. The molecular formula is C12H13BN4. The van der Waals surface area contributed by atoms with Crippen LogP contribution in [0.3, 0.4) is 0 Å². The minimum Gasteiger partial charge on any atom is -0.352 e. The van der Waals surface area contributed by atoms with Crippen LogP contribution in [0.4, 0.5) is 11.4 Å². The van der Waals surface area contributed by atoms with Crippen LogP contribution in [0.5, 0.6) is 0 Å². The number of hydrogen-bond acceptors (Lipinski definition) is 3. The fraction of sp³-hybridized carbons (Fsp3) is 0.167. The topological polar surface area (TPSA) is 53.7 Å². The Morgan fingerprint density at radius 1 is 1.47 bits per heavy atom. The Labute approximate surface area is 102 Å². The van der Waals surface area contributed by atoms with E-state index >= 15 is 0 Å². The van der Waals surface area contributed by atoms with Crippen molar-refractivity contribution in [1.82, 2.24) is 9.78 Å². The summed E-state index contributed by atoms with van der Waals surface area (Å²) in [5, 5.41) is 14.7. The van der Waals surface area contributed by atoms with E-state index in [2.05, 4.69) is 10.4 Å². The molecule has 0 aliphatic rings. The summed E-state index contributed by atoms with van der Waals surface area (Å²) >= 11 is 0. The van der Waals surface area contributed by atoms with Gasteiger partial charge in [0.15, 0.2) is 0 Å². The van der Waals surface area contributed by atoms with Crippen molar-refractivity contribution in [1.29, 1.82) is 5.41 Å². The molecule has 0 aliphatic carbocycles. The van der Waals surface area contributed by atoms with Gasteiger partial charge in [-0.15, -0.1) is 0 Å². The molecule has 0 bridgehead atoms. The fourth-order valence-corrected chi connectivity index (χ4v) is 1.62. The average Bonchev–Trinajstić information content (AvgIpc) is 2.69. The van der Waals surface area contributed by atoms with Crippen LogP contribution in [0.2, 0.25) is 0 Å². The van der Waals surface area contributed by atoms with Gasteiger partial charge in [-0.3, -0.25) is 4.68 Å². The molecule has 2 N–H and O–H groups in total. The van der Waals surface area contributed by atoms with Crippen molar-refractivity contribution in [2.75, 3.05) is 5.32 Å². The minimum absolute atomic E-state index is 0.710. The highest BCUT2D eigenvalue weighted by Gasteiger charge is 2.04. The maximum Gasteiger partial charge on any atom is 0.114 e. The zero-order chi connectivity index (χ0) is 12.4. The second-order valence-electron chi connectivity index (χ2n) is 3.97. The zero-order valence-corrected chi connectivity index (χ0v) is 9.86. The third-order valence-electron chi connectivity index (χ3n) is 2.58. The molecule has 0 atom stereocenters. The number of benzene rings is 1. The molecule has 5 heteroatoms. The third kappa shape index (κ3) is 2.38. The van der Waals surface area contributed by atoms with Gasteiger partial charge in [0.2, 0.25) is 0 Å². The van der Waals surface area contributed by atoms with Crippen molar-refractivity contribution < 1.29 is 0 Å². The summed E-state index contributed by atoms with van der Waals surface area (Å²) in [5.74, 6) is 0. The molecule has 1 aromatic heterocycles. The fourth-order valence-electron chi connectivity index (χ4n) is 1.62. The van der Waals surface area contributed by atoms with Crippen molar-refractivity contribution in [2.45, 2.75) is 6.92 Å². The van der Waals surface area contributed by atoms with Crippen LogP contribution in [-0.4, -0.2) is 23.8 Å². The lowest BCUT2D eigenvalue weighted by Gasteiger charge is -2.11. The maximum atomic E-state index is 7.40. The van der Waals surface area contributed by atoms with Gasteiger partial charge >= 0.3 is 0 Å². The van der Waals surface area contributed by atoms with Gasteiger partial charge in [0.1, 0.15) is 7.85 Å². The van der Waals surface area contributed by atoms with Gasteiger partial charge in [0.05, 0.1) is 11.9 Å². The lowest BCUT2D eigenvalue weighted by Crippen LogP contribution is -2.10. The van der Waals surface area contributed by atoms with Crippen molar-refractivity contribution in [3.05, 3.63) is 35.7 Å². The minimum atomic E-state index is 0.710. The van der Waals surface area contributed by atoms with Gasteiger partial charge in [-0.1, -0.05) is 11.0 Å². The van der Waals surface area contributed by atoms with Crippen molar-refractivity contribution in [3.8, 4) is 0 Å². The third-order valence-corrected chi connectivity index (χ3v) is 2.58. The predicted octanol–water partition coefficient (Wildman–Crippen LogP) is 1.26. The Balaban J connectivity index is 2.37. The first-order chi connectivity index (χ1) is 8.10.